The number of ether oxygens (including phenoxy) is 1. The molecular formula is C15H19NO3. The lowest BCUT2D eigenvalue weighted by Gasteiger charge is -2.55. The Labute approximate surface area is 112 Å². The van der Waals surface area contributed by atoms with Gasteiger partial charge in [0.1, 0.15) is 0 Å². The third-order valence-corrected chi connectivity index (χ3v) is 5.41. The molecule has 2 saturated heterocycles. The number of carbonyl (C=O) groups excluding carboxylic acids is 1. The van der Waals surface area contributed by atoms with E-state index in [-0.39, 0.29) is 11.5 Å². The first-order valence-electron chi connectivity index (χ1n) is 7.18. The quantitative estimate of drug-likeness (QED) is 0.657. The summed E-state index contributed by atoms with van der Waals surface area (Å²) < 4.78 is 5.24. The van der Waals surface area contributed by atoms with Crippen LogP contribution in [0.1, 0.15) is 19.3 Å². The summed E-state index contributed by atoms with van der Waals surface area (Å²) in [6.07, 6.45) is 8.14. The summed E-state index contributed by atoms with van der Waals surface area (Å²) in [5.74, 6) is 0.678. The van der Waals surface area contributed by atoms with Gasteiger partial charge in [-0.2, -0.15) is 0 Å². The summed E-state index contributed by atoms with van der Waals surface area (Å²) in [6.45, 7) is 2.55. The van der Waals surface area contributed by atoms with E-state index in [1.165, 1.54) is 5.57 Å². The molecule has 1 N–H and O–H groups in total. The van der Waals surface area contributed by atoms with Crippen molar-refractivity contribution in [1.29, 1.82) is 0 Å². The summed E-state index contributed by atoms with van der Waals surface area (Å²) in [5, 5.41) is 10.1. The van der Waals surface area contributed by atoms with E-state index < -0.39 is 6.10 Å². The van der Waals surface area contributed by atoms with Crippen molar-refractivity contribution in [3.63, 3.8) is 0 Å². The molecule has 102 valence electrons. The standard InChI is InChI=1S/C15H19NO3/c17-12-2-1-11-4-6-16-5-3-10-9-19-14(18)7-13(10)15(11,16)8-12/h1-2,4,10,12-13,17H,3,5-9H2/t10?,12-,13?,15-/m0/s1. The molecule has 4 nitrogen and oxygen atoms in total. The number of esters is 1. The fraction of sp³-hybridized carbons (Fsp3) is 0.667. The Kier molecular flexibility index (Phi) is 2.42. The van der Waals surface area contributed by atoms with Crippen molar-refractivity contribution >= 4 is 5.97 Å². The number of nitrogens with zero attached hydrogens (tertiary/aromatic N) is 1. The minimum atomic E-state index is -0.394. The SMILES string of the molecule is O=C1CC2C(CCN3CC=C4C=C[C@H](O)C[C@]423)CO1. The van der Waals surface area contributed by atoms with Crippen LogP contribution in [0, 0.1) is 11.8 Å². The van der Waals surface area contributed by atoms with Crippen LogP contribution in [-0.2, 0) is 9.53 Å². The molecule has 4 rings (SSSR count). The second kappa shape index (κ2) is 3.93. The van der Waals surface area contributed by atoms with Gasteiger partial charge in [-0.3, -0.25) is 9.69 Å². The number of hydrogen-bond donors (Lipinski definition) is 1. The Morgan fingerprint density at radius 2 is 2.37 bits per heavy atom. The van der Waals surface area contributed by atoms with Crippen LogP contribution in [0.4, 0.5) is 0 Å². The molecule has 0 radical (unpaired) electrons. The van der Waals surface area contributed by atoms with Crippen LogP contribution in [-0.4, -0.2) is 47.3 Å². The number of aliphatic hydroxyl groups excluding tert-OH is 1. The van der Waals surface area contributed by atoms with Crippen LogP contribution in [0.15, 0.2) is 23.8 Å². The molecule has 4 heteroatoms. The lowest BCUT2D eigenvalue weighted by atomic mass is 9.62. The molecule has 0 aromatic heterocycles. The predicted molar refractivity (Wildman–Crippen MR) is 69.3 cm³/mol. The predicted octanol–water partition coefficient (Wildman–Crippen LogP) is 0.871. The molecule has 3 heterocycles. The highest BCUT2D eigenvalue weighted by Gasteiger charge is 2.57. The molecule has 2 fully saturated rings. The monoisotopic (exact) mass is 261 g/mol. The Balaban J connectivity index is 1.78. The molecule has 3 aliphatic heterocycles. The Bertz CT molecular complexity index is 484. The van der Waals surface area contributed by atoms with Gasteiger partial charge in [-0.1, -0.05) is 18.2 Å². The lowest BCUT2D eigenvalue weighted by Crippen LogP contribution is -2.62. The molecule has 2 unspecified atom stereocenters. The highest BCUT2D eigenvalue weighted by Crippen LogP contribution is 2.52. The minimum Gasteiger partial charge on any atom is -0.465 e. The van der Waals surface area contributed by atoms with Crippen molar-refractivity contribution in [3.05, 3.63) is 23.8 Å². The number of hydrogen-bond acceptors (Lipinski definition) is 4. The molecule has 0 aromatic carbocycles. The highest BCUT2D eigenvalue weighted by atomic mass is 16.5. The minimum absolute atomic E-state index is 0.0761. The fourth-order valence-electron chi connectivity index (χ4n) is 4.57. The van der Waals surface area contributed by atoms with Gasteiger partial charge >= 0.3 is 5.97 Å². The van der Waals surface area contributed by atoms with Crippen molar-refractivity contribution in [2.24, 2.45) is 11.8 Å². The van der Waals surface area contributed by atoms with E-state index in [1.807, 2.05) is 6.08 Å². The molecule has 4 atom stereocenters. The maximum Gasteiger partial charge on any atom is 0.306 e. The number of rotatable bonds is 0. The van der Waals surface area contributed by atoms with Crippen molar-refractivity contribution in [2.75, 3.05) is 19.7 Å². The molecule has 0 aromatic rings. The summed E-state index contributed by atoms with van der Waals surface area (Å²) in [5.41, 5.74) is 1.19. The van der Waals surface area contributed by atoms with Gasteiger partial charge in [0, 0.05) is 6.54 Å². The zero-order valence-corrected chi connectivity index (χ0v) is 10.9. The van der Waals surface area contributed by atoms with Crippen LogP contribution in [0.2, 0.25) is 0 Å². The molecule has 0 amide bonds. The maximum absolute atomic E-state index is 11.7. The van der Waals surface area contributed by atoms with E-state index in [2.05, 4.69) is 17.1 Å². The lowest BCUT2D eigenvalue weighted by molar-refractivity contribution is -0.162. The fourth-order valence-corrected chi connectivity index (χ4v) is 4.57. The number of carbonyl (C=O) groups is 1. The second-order valence-corrected chi connectivity index (χ2v) is 6.20. The van der Waals surface area contributed by atoms with Crippen molar-refractivity contribution in [3.8, 4) is 0 Å². The summed E-state index contributed by atoms with van der Waals surface area (Å²) in [7, 11) is 0. The smallest absolute Gasteiger partial charge is 0.306 e. The Morgan fingerprint density at radius 3 is 3.26 bits per heavy atom. The van der Waals surface area contributed by atoms with Crippen LogP contribution < -0.4 is 0 Å². The van der Waals surface area contributed by atoms with Gasteiger partial charge in [-0.05, 0) is 36.8 Å². The van der Waals surface area contributed by atoms with Crippen molar-refractivity contribution in [2.45, 2.75) is 30.9 Å². The Hall–Kier alpha value is -1.13. The molecule has 0 saturated carbocycles. The number of cyclic esters (lactones) is 1. The summed E-state index contributed by atoms with van der Waals surface area (Å²) in [4.78, 5) is 14.2. The summed E-state index contributed by atoms with van der Waals surface area (Å²) >= 11 is 0. The highest BCUT2D eigenvalue weighted by molar-refractivity contribution is 5.71. The van der Waals surface area contributed by atoms with E-state index in [4.69, 9.17) is 4.74 Å². The molecule has 1 aliphatic carbocycles. The zero-order valence-electron chi connectivity index (χ0n) is 10.9. The van der Waals surface area contributed by atoms with Crippen LogP contribution >= 0.6 is 0 Å². The van der Waals surface area contributed by atoms with Crippen molar-refractivity contribution in [1.82, 2.24) is 4.90 Å². The average molecular weight is 261 g/mol. The van der Waals surface area contributed by atoms with E-state index in [0.29, 0.717) is 24.9 Å². The first-order valence-corrected chi connectivity index (χ1v) is 7.18. The Morgan fingerprint density at radius 1 is 1.47 bits per heavy atom. The molecular weight excluding hydrogens is 242 g/mol. The van der Waals surface area contributed by atoms with Gasteiger partial charge in [-0.25, -0.2) is 0 Å². The first-order chi connectivity index (χ1) is 9.20. The average Bonchev–Trinajstić information content (AvgIpc) is 2.77. The van der Waals surface area contributed by atoms with Gasteiger partial charge in [-0.15, -0.1) is 0 Å². The molecule has 19 heavy (non-hydrogen) atoms. The van der Waals surface area contributed by atoms with Crippen LogP contribution in [0.3, 0.4) is 0 Å². The topological polar surface area (TPSA) is 49.8 Å². The maximum atomic E-state index is 11.7. The van der Waals surface area contributed by atoms with E-state index in [9.17, 15) is 9.90 Å². The van der Waals surface area contributed by atoms with Crippen LogP contribution in [0.5, 0.6) is 0 Å². The van der Waals surface area contributed by atoms with E-state index in [0.717, 1.165) is 25.9 Å². The van der Waals surface area contributed by atoms with E-state index >= 15 is 0 Å². The largest absolute Gasteiger partial charge is 0.465 e. The van der Waals surface area contributed by atoms with Crippen LogP contribution in [0.25, 0.3) is 0 Å². The van der Waals surface area contributed by atoms with Gasteiger partial charge in [0.2, 0.25) is 0 Å². The third kappa shape index (κ3) is 1.50. The molecule has 1 spiro atoms. The normalized spacial score (nSPS) is 45.0. The zero-order chi connectivity index (χ0) is 13.0. The number of fused-ring (bicyclic) bond motifs is 1. The van der Waals surface area contributed by atoms with Gasteiger partial charge in [0.15, 0.2) is 0 Å². The second-order valence-electron chi connectivity index (χ2n) is 6.20. The van der Waals surface area contributed by atoms with Crippen molar-refractivity contribution < 1.29 is 14.6 Å². The molecule has 4 aliphatic rings. The van der Waals surface area contributed by atoms with Gasteiger partial charge in [0.25, 0.3) is 0 Å². The van der Waals surface area contributed by atoms with Gasteiger partial charge in [0.05, 0.1) is 24.7 Å². The van der Waals surface area contributed by atoms with E-state index in [1.54, 1.807) is 0 Å². The summed E-state index contributed by atoms with van der Waals surface area (Å²) in [6, 6.07) is 0. The number of aliphatic hydroxyl groups is 1. The molecule has 0 bridgehead atoms. The number of piperidine rings is 1. The van der Waals surface area contributed by atoms with Gasteiger partial charge < -0.3 is 9.84 Å². The first kappa shape index (κ1) is 11.7. The third-order valence-electron chi connectivity index (χ3n) is 5.41.